The number of hydrogen-bond donors (Lipinski definition) is 0. The number of aryl methyl sites for hydroxylation is 1. The second kappa shape index (κ2) is 5.33. The number of rotatable bonds is 2. The summed E-state index contributed by atoms with van der Waals surface area (Å²) in [7, 11) is 0. The maximum absolute atomic E-state index is 12.3. The number of thiophene rings is 1. The Hall–Kier alpha value is -0.340. The molecule has 1 aliphatic rings. The summed E-state index contributed by atoms with van der Waals surface area (Å²) in [4.78, 5) is 13.1. The SMILES string of the molecule is Cc1cc(C(=O)C2CCCCCC2)sc1Cl. The first-order valence-corrected chi connectivity index (χ1v) is 7.18. The zero-order valence-corrected chi connectivity index (χ0v) is 11.2. The van der Waals surface area contributed by atoms with Gasteiger partial charge in [-0.1, -0.05) is 37.3 Å². The third-order valence-corrected chi connectivity index (χ3v) is 4.90. The minimum absolute atomic E-state index is 0.247. The predicted molar refractivity (Wildman–Crippen MR) is 69.6 cm³/mol. The Morgan fingerprint density at radius 3 is 2.44 bits per heavy atom. The molecule has 1 aromatic heterocycles. The molecule has 0 aromatic carbocycles. The first-order valence-electron chi connectivity index (χ1n) is 5.98. The number of Topliss-reactive ketones (excluding diaryl/α,β-unsaturated/α-hetero) is 1. The lowest BCUT2D eigenvalue weighted by Gasteiger charge is -2.10. The van der Waals surface area contributed by atoms with Crippen LogP contribution in [0.4, 0.5) is 0 Å². The Labute approximate surface area is 106 Å². The van der Waals surface area contributed by atoms with Crippen molar-refractivity contribution in [3.05, 3.63) is 20.8 Å². The van der Waals surface area contributed by atoms with E-state index < -0.39 is 0 Å². The van der Waals surface area contributed by atoms with Gasteiger partial charge in [0.15, 0.2) is 5.78 Å². The van der Waals surface area contributed by atoms with E-state index in [1.165, 1.54) is 37.0 Å². The zero-order valence-electron chi connectivity index (χ0n) is 9.59. The van der Waals surface area contributed by atoms with Crippen molar-refractivity contribution in [3.8, 4) is 0 Å². The summed E-state index contributed by atoms with van der Waals surface area (Å²) < 4.78 is 0.761. The molecule has 0 amide bonds. The molecular formula is C13H17ClOS. The summed E-state index contributed by atoms with van der Waals surface area (Å²) in [5.41, 5.74) is 1.03. The van der Waals surface area contributed by atoms with Crippen LogP contribution in [0, 0.1) is 12.8 Å². The highest BCUT2D eigenvalue weighted by Crippen LogP contribution is 2.32. The van der Waals surface area contributed by atoms with Crippen LogP contribution in [0.2, 0.25) is 4.34 Å². The second-order valence-corrected chi connectivity index (χ2v) is 6.27. The van der Waals surface area contributed by atoms with Crippen molar-refractivity contribution in [1.29, 1.82) is 0 Å². The first-order chi connectivity index (χ1) is 7.68. The summed E-state index contributed by atoms with van der Waals surface area (Å²) in [5.74, 6) is 0.568. The maximum atomic E-state index is 12.3. The Balaban J connectivity index is 2.11. The lowest BCUT2D eigenvalue weighted by Crippen LogP contribution is -2.12. The summed E-state index contributed by atoms with van der Waals surface area (Å²) >= 11 is 7.45. The number of carbonyl (C=O) groups is 1. The molecule has 0 N–H and O–H groups in total. The molecule has 0 atom stereocenters. The van der Waals surface area contributed by atoms with Crippen LogP contribution in [0.3, 0.4) is 0 Å². The fourth-order valence-electron chi connectivity index (χ4n) is 2.32. The number of ketones is 1. The van der Waals surface area contributed by atoms with Gasteiger partial charge >= 0.3 is 0 Å². The van der Waals surface area contributed by atoms with Crippen LogP contribution in [-0.2, 0) is 0 Å². The van der Waals surface area contributed by atoms with E-state index >= 15 is 0 Å². The van der Waals surface area contributed by atoms with E-state index in [2.05, 4.69) is 0 Å². The van der Waals surface area contributed by atoms with Gasteiger partial charge in [-0.3, -0.25) is 4.79 Å². The maximum Gasteiger partial charge on any atom is 0.175 e. The molecule has 1 heterocycles. The molecule has 0 bridgehead atoms. The van der Waals surface area contributed by atoms with Crippen LogP contribution < -0.4 is 0 Å². The molecule has 1 aromatic rings. The van der Waals surface area contributed by atoms with Crippen molar-refractivity contribution >= 4 is 28.7 Å². The largest absolute Gasteiger partial charge is 0.293 e. The van der Waals surface area contributed by atoms with Crippen LogP contribution in [0.25, 0.3) is 0 Å². The molecule has 16 heavy (non-hydrogen) atoms. The minimum atomic E-state index is 0.247. The van der Waals surface area contributed by atoms with Gasteiger partial charge < -0.3 is 0 Å². The molecule has 1 nitrogen and oxygen atoms in total. The van der Waals surface area contributed by atoms with Gasteiger partial charge in [-0.05, 0) is 31.4 Å². The summed E-state index contributed by atoms with van der Waals surface area (Å²) in [6, 6.07) is 1.94. The molecule has 0 spiro atoms. The lowest BCUT2D eigenvalue weighted by atomic mass is 9.94. The average molecular weight is 257 g/mol. The first kappa shape index (κ1) is 12.1. The smallest absolute Gasteiger partial charge is 0.175 e. The predicted octanol–water partition coefficient (Wildman–Crippen LogP) is 4.86. The van der Waals surface area contributed by atoms with Crippen LogP contribution in [0.15, 0.2) is 6.07 Å². The molecule has 2 rings (SSSR count). The van der Waals surface area contributed by atoms with Crippen molar-refractivity contribution < 1.29 is 4.79 Å². The van der Waals surface area contributed by atoms with Crippen LogP contribution in [0.1, 0.15) is 53.8 Å². The molecule has 3 heteroatoms. The molecular weight excluding hydrogens is 240 g/mol. The Bertz CT molecular complexity index is 356. The third kappa shape index (κ3) is 2.67. The normalized spacial score (nSPS) is 18.4. The number of halogens is 1. The van der Waals surface area contributed by atoms with Crippen molar-refractivity contribution in [2.45, 2.75) is 45.4 Å². The molecule has 1 saturated carbocycles. The van der Waals surface area contributed by atoms with Crippen molar-refractivity contribution in [3.63, 3.8) is 0 Å². The van der Waals surface area contributed by atoms with E-state index in [4.69, 9.17) is 11.6 Å². The molecule has 1 fully saturated rings. The molecule has 0 radical (unpaired) electrons. The molecule has 0 unspecified atom stereocenters. The Kier molecular flexibility index (Phi) is 4.04. The van der Waals surface area contributed by atoms with Gasteiger partial charge in [0.25, 0.3) is 0 Å². The fourth-order valence-corrected chi connectivity index (χ4v) is 3.54. The highest BCUT2D eigenvalue weighted by molar-refractivity contribution is 7.18. The standard InChI is InChI=1S/C13H17ClOS/c1-9-8-11(16-13(9)14)12(15)10-6-4-2-3-5-7-10/h8,10H,2-7H2,1H3. The summed E-state index contributed by atoms with van der Waals surface area (Å²) in [6.07, 6.45) is 7.10. The van der Waals surface area contributed by atoms with Gasteiger partial charge in [-0.15, -0.1) is 11.3 Å². The Morgan fingerprint density at radius 2 is 1.94 bits per heavy atom. The molecule has 0 saturated heterocycles. The quantitative estimate of drug-likeness (QED) is 0.545. The van der Waals surface area contributed by atoms with Gasteiger partial charge in [0.05, 0.1) is 9.21 Å². The van der Waals surface area contributed by atoms with E-state index in [1.807, 2.05) is 13.0 Å². The zero-order chi connectivity index (χ0) is 11.5. The molecule has 1 aliphatic carbocycles. The fraction of sp³-hybridized carbons (Fsp3) is 0.615. The number of carbonyl (C=O) groups excluding carboxylic acids is 1. The van der Waals surface area contributed by atoms with Gasteiger partial charge in [0.2, 0.25) is 0 Å². The number of hydrogen-bond acceptors (Lipinski definition) is 2. The highest BCUT2D eigenvalue weighted by atomic mass is 35.5. The van der Waals surface area contributed by atoms with Crippen molar-refractivity contribution in [2.24, 2.45) is 5.92 Å². The van der Waals surface area contributed by atoms with Gasteiger partial charge in [-0.2, -0.15) is 0 Å². The average Bonchev–Trinajstić information content (AvgIpc) is 2.51. The van der Waals surface area contributed by atoms with Crippen LogP contribution in [0.5, 0.6) is 0 Å². The van der Waals surface area contributed by atoms with E-state index in [1.54, 1.807) is 0 Å². The molecule has 88 valence electrons. The lowest BCUT2D eigenvalue weighted by molar-refractivity contribution is 0.0912. The minimum Gasteiger partial charge on any atom is -0.293 e. The van der Waals surface area contributed by atoms with Crippen molar-refractivity contribution in [1.82, 2.24) is 0 Å². The molecule has 0 aliphatic heterocycles. The van der Waals surface area contributed by atoms with E-state index in [0.717, 1.165) is 27.6 Å². The topological polar surface area (TPSA) is 17.1 Å². The van der Waals surface area contributed by atoms with E-state index in [9.17, 15) is 4.79 Å². The Morgan fingerprint density at radius 1 is 1.31 bits per heavy atom. The van der Waals surface area contributed by atoms with Crippen LogP contribution >= 0.6 is 22.9 Å². The van der Waals surface area contributed by atoms with Gasteiger partial charge in [-0.25, -0.2) is 0 Å². The van der Waals surface area contributed by atoms with Crippen molar-refractivity contribution in [2.75, 3.05) is 0 Å². The monoisotopic (exact) mass is 256 g/mol. The summed E-state index contributed by atoms with van der Waals surface area (Å²) in [5, 5.41) is 0. The third-order valence-electron chi connectivity index (χ3n) is 3.33. The van der Waals surface area contributed by atoms with E-state index in [-0.39, 0.29) is 5.92 Å². The van der Waals surface area contributed by atoms with Gasteiger partial charge in [0, 0.05) is 5.92 Å². The second-order valence-electron chi connectivity index (χ2n) is 4.62. The highest BCUT2D eigenvalue weighted by Gasteiger charge is 2.23. The van der Waals surface area contributed by atoms with E-state index in [0.29, 0.717) is 5.78 Å². The van der Waals surface area contributed by atoms with Crippen LogP contribution in [-0.4, -0.2) is 5.78 Å². The summed E-state index contributed by atoms with van der Waals surface area (Å²) in [6.45, 7) is 1.96. The van der Waals surface area contributed by atoms with Gasteiger partial charge in [0.1, 0.15) is 0 Å².